The normalized spacial score (nSPS) is 19.5. The standard InChI is InChI=1S/C14H22N2O2/c1-17-14-10-12(5-6-13(14)15)18-9-7-11-4-2-3-8-16-11/h5-6,10-11,16H,2-4,7-9,15H2,1H3. The molecule has 0 saturated carbocycles. The highest BCUT2D eigenvalue weighted by Gasteiger charge is 2.12. The Labute approximate surface area is 108 Å². The first-order valence-corrected chi connectivity index (χ1v) is 6.59. The predicted octanol–water partition coefficient (Wildman–Crippen LogP) is 2.19. The van der Waals surface area contributed by atoms with E-state index in [1.807, 2.05) is 18.2 Å². The summed E-state index contributed by atoms with van der Waals surface area (Å²) in [5.74, 6) is 1.49. The van der Waals surface area contributed by atoms with Crippen LogP contribution >= 0.6 is 0 Å². The first kappa shape index (κ1) is 13.0. The van der Waals surface area contributed by atoms with Gasteiger partial charge in [-0.3, -0.25) is 0 Å². The summed E-state index contributed by atoms with van der Waals surface area (Å²) in [6.07, 6.45) is 4.93. The summed E-state index contributed by atoms with van der Waals surface area (Å²) in [5.41, 5.74) is 6.39. The number of hydrogen-bond donors (Lipinski definition) is 2. The Morgan fingerprint density at radius 1 is 1.39 bits per heavy atom. The molecule has 1 aromatic rings. The number of ether oxygens (including phenoxy) is 2. The topological polar surface area (TPSA) is 56.5 Å². The number of methoxy groups -OCH3 is 1. The number of benzene rings is 1. The zero-order chi connectivity index (χ0) is 12.8. The second-order valence-corrected chi connectivity index (χ2v) is 4.69. The molecule has 1 aliphatic heterocycles. The minimum atomic E-state index is 0.606. The molecule has 100 valence electrons. The van der Waals surface area contributed by atoms with E-state index in [1.165, 1.54) is 19.3 Å². The maximum atomic E-state index is 5.75. The molecule has 1 atom stereocenters. The second-order valence-electron chi connectivity index (χ2n) is 4.69. The van der Waals surface area contributed by atoms with Crippen LogP contribution in [0.25, 0.3) is 0 Å². The smallest absolute Gasteiger partial charge is 0.145 e. The zero-order valence-electron chi connectivity index (χ0n) is 10.9. The van der Waals surface area contributed by atoms with Gasteiger partial charge in [0, 0.05) is 12.1 Å². The fraction of sp³-hybridized carbons (Fsp3) is 0.571. The van der Waals surface area contributed by atoms with Gasteiger partial charge in [-0.1, -0.05) is 6.42 Å². The van der Waals surface area contributed by atoms with Gasteiger partial charge >= 0.3 is 0 Å². The maximum Gasteiger partial charge on any atom is 0.145 e. The van der Waals surface area contributed by atoms with Gasteiger partial charge < -0.3 is 20.5 Å². The molecule has 2 rings (SSSR count). The monoisotopic (exact) mass is 250 g/mol. The molecule has 1 saturated heterocycles. The van der Waals surface area contributed by atoms with Crippen LogP contribution in [-0.4, -0.2) is 26.3 Å². The van der Waals surface area contributed by atoms with E-state index in [4.69, 9.17) is 15.2 Å². The minimum absolute atomic E-state index is 0.606. The zero-order valence-corrected chi connectivity index (χ0v) is 10.9. The van der Waals surface area contributed by atoms with Crippen molar-refractivity contribution in [2.75, 3.05) is 26.0 Å². The molecule has 1 heterocycles. The van der Waals surface area contributed by atoms with E-state index < -0.39 is 0 Å². The number of nitrogens with one attached hydrogen (secondary N) is 1. The lowest BCUT2D eigenvalue weighted by Crippen LogP contribution is -2.35. The summed E-state index contributed by atoms with van der Waals surface area (Å²) < 4.78 is 10.9. The number of nitrogens with two attached hydrogens (primary N) is 1. The molecule has 0 aliphatic carbocycles. The number of piperidine rings is 1. The SMILES string of the molecule is COc1cc(OCCC2CCCCN2)ccc1N. The van der Waals surface area contributed by atoms with Crippen molar-refractivity contribution in [2.24, 2.45) is 0 Å². The van der Waals surface area contributed by atoms with Gasteiger partial charge in [0.25, 0.3) is 0 Å². The van der Waals surface area contributed by atoms with Crippen LogP contribution in [-0.2, 0) is 0 Å². The third-order valence-corrected chi connectivity index (χ3v) is 3.35. The molecule has 1 unspecified atom stereocenters. The minimum Gasteiger partial charge on any atom is -0.494 e. The maximum absolute atomic E-state index is 5.75. The number of rotatable bonds is 5. The first-order chi connectivity index (χ1) is 8.79. The summed E-state index contributed by atoms with van der Waals surface area (Å²) in [4.78, 5) is 0. The Balaban J connectivity index is 1.79. The van der Waals surface area contributed by atoms with Crippen molar-refractivity contribution in [3.05, 3.63) is 18.2 Å². The fourth-order valence-electron chi connectivity index (χ4n) is 2.27. The molecular formula is C14H22N2O2. The molecule has 1 aromatic carbocycles. The van der Waals surface area contributed by atoms with Crippen molar-refractivity contribution < 1.29 is 9.47 Å². The molecule has 0 aromatic heterocycles. The van der Waals surface area contributed by atoms with Gasteiger partial charge in [0.1, 0.15) is 11.5 Å². The van der Waals surface area contributed by atoms with E-state index in [0.29, 0.717) is 17.5 Å². The Morgan fingerprint density at radius 2 is 2.28 bits per heavy atom. The Hall–Kier alpha value is -1.42. The van der Waals surface area contributed by atoms with Crippen LogP contribution < -0.4 is 20.5 Å². The van der Waals surface area contributed by atoms with Gasteiger partial charge in [-0.2, -0.15) is 0 Å². The highest BCUT2D eigenvalue weighted by atomic mass is 16.5. The van der Waals surface area contributed by atoms with Crippen molar-refractivity contribution in [3.63, 3.8) is 0 Å². The quantitative estimate of drug-likeness (QED) is 0.787. The van der Waals surface area contributed by atoms with E-state index in [2.05, 4.69) is 5.32 Å². The summed E-state index contributed by atoms with van der Waals surface area (Å²) in [6.45, 7) is 1.87. The van der Waals surface area contributed by atoms with Crippen molar-refractivity contribution in [1.82, 2.24) is 5.32 Å². The van der Waals surface area contributed by atoms with Crippen LogP contribution in [0.3, 0.4) is 0 Å². The van der Waals surface area contributed by atoms with E-state index >= 15 is 0 Å². The largest absolute Gasteiger partial charge is 0.494 e. The van der Waals surface area contributed by atoms with Gasteiger partial charge in [-0.25, -0.2) is 0 Å². The van der Waals surface area contributed by atoms with Crippen molar-refractivity contribution in [3.8, 4) is 11.5 Å². The summed E-state index contributed by atoms with van der Waals surface area (Å²) in [7, 11) is 1.61. The van der Waals surface area contributed by atoms with Crippen LogP contribution in [0.1, 0.15) is 25.7 Å². The molecule has 4 heteroatoms. The van der Waals surface area contributed by atoms with E-state index in [-0.39, 0.29) is 0 Å². The number of hydrogen-bond acceptors (Lipinski definition) is 4. The molecule has 4 nitrogen and oxygen atoms in total. The second kappa shape index (κ2) is 6.50. The summed E-state index contributed by atoms with van der Waals surface area (Å²) in [6, 6.07) is 6.14. The fourth-order valence-corrected chi connectivity index (χ4v) is 2.27. The Morgan fingerprint density at radius 3 is 3.00 bits per heavy atom. The highest BCUT2D eigenvalue weighted by Crippen LogP contribution is 2.26. The lowest BCUT2D eigenvalue weighted by Gasteiger charge is -2.23. The molecule has 0 amide bonds. The van der Waals surface area contributed by atoms with Gasteiger partial charge in [0.05, 0.1) is 19.4 Å². The number of anilines is 1. The summed E-state index contributed by atoms with van der Waals surface area (Å²) in [5, 5.41) is 3.51. The molecular weight excluding hydrogens is 228 g/mol. The third-order valence-electron chi connectivity index (χ3n) is 3.35. The lowest BCUT2D eigenvalue weighted by molar-refractivity contribution is 0.267. The molecule has 0 radical (unpaired) electrons. The molecule has 1 aliphatic rings. The molecule has 0 bridgehead atoms. The molecule has 18 heavy (non-hydrogen) atoms. The Bertz CT molecular complexity index is 376. The first-order valence-electron chi connectivity index (χ1n) is 6.59. The molecule has 3 N–H and O–H groups in total. The lowest BCUT2D eigenvalue weighted by atomic mass is 10.0. The average molecular weight is 250 g/mol. The molecule has 0 spiro atoms. The van der Waals surface area contributed by atoms with Crippen LogP contribution in [0.5, 0.6) is 11.5 Å². The van der Waals surface area contributed by atoms with Crippen LogP contribution in [0.2, 0.25) is 0 Å². The van der Waals surface area contributed by atoms with Crippen LogP contribution in [0, 0.1) is 0 Å². The van der Waals surface area contributed by atoms with Gasteiger partial charge in [-0.05, 0) is 37.9 Å². The highest BCUT2D eigenvalue weighted by molar-refractivity contribution is 5.55. The van der Waals surface area contributed by atoms with Gasteiger partial charge in [-0.15, -0.1) is 0 Å². The summed E-state index contributed by atoms with van der Waals surface area (Å²) >= 11 is 0. The van der Waals surface area contributed by atoms with Gasteiger partial charge in [0.2, 0.25) is 0 Å². The Kier molecular flexibility index (Phi) is 4.70. The third kappa shape index (κ3) is 3.53. The van der Waals surface area contributed by atoms with Crippen molar-refractivity contribution in [1.29, 1.82) is 0 Å². The van der Waals surface area contributed by atoms with E-state index in [9.17, 15) is 0 Å². The van der Waals surface area contributed by atoms with Crippen molar-refractivity contribution in [2.45, 2.75) is 31.7 Å². The van der Waals surface area contributed by atoms with Crippen LogP contribution in [0.4, 0.5) is 5.69 Å². The van der Waals surface area contributed by atoms with Gasteiger partial charge in [0.15, 0.2) is 0 Å². The van der Waals surface area contributed by atoms with E-state index in [1.54, 1.807) is 7.11 Å². The molecule has 1 fully saturated rings. The predicted molar refractivity (Wildman–Crippen MR) is 73.2 cm³/mol. The van der Waals surface area contributed by atoms with Crippen LogP contribution in [0.15, 0.2) is 18.2 Å². The van der Waals surface area contributed by atoms with Crippen molar-refractivity contribution >= 4 is 5.69 Å². The van der Waals surface area contributed by atoms with E-state index in [0.717, 1.165) is 25.3 Å². The number of nitrogen functional groups attached to an aromatic ring is 1. The average Bonchev–Trinajstić information content (AvgIpc) is 2.42.